The van der Waals surface area contributed by atoms with E-state index in [1.807, 2.05) is 27.7 Å². The average Bonchev–Trinajstić information content (AvgIpc) is 2.95. The Morgan fingerprint density at radius 2 is 2.00 bits per heavy atom. The monoisotopic (exact) mass is 376 g/mol. The third-order valence-corrected chi connectivity index (χ3v) is 4.80. The van der Waals surface area contributed by atoms with Crippen molar-refractivity contribution >= 4 is 35.4 Å². The van der Waals surface area contributed by atoms with Gasteiger partial charge in [-0.2, -0.15) is 0 Å². The molecule has 0 bridgehead atoms. The average molecular weight is 376 g/mol. The Hall–Kier alpha value is -2.78. The summed E-state index contributed by atoms with van der Waals surface area (Å²) >= 11 is 0. The van der Waals surface area contributed by atoms with Crippen molar-refractivity contribution in [2.45, 2.75) is 40.2 Å². The van der Waals surface area contributed by atoms with Crippen LogP contribution in [0.2, 0.25) is 0 Å². The molecule has 0 aromatic carbocycles. The third kappa shape index (κ3) is 3.08. The summed E-state index contributed by atoms with van der Waals surface area (Å²) in [5.74, 6) is -0.136. The number of hydrogen-bond acceptors (Lipinski definition) is 6. The third-order valence-electron chi connectivity index (χ3n) is 4.80. The summed E-state index contributed by atoms with van der Waals surface area (Å²) in [4.78, 5) is 44.3. The van der Waals surface area contributed by atoms with Gasteiger partial charge in [0.05, 0.1) is 5.71 Å². The second-order valence-electron chi connectivity index (χ2n) is 7.95. The van der Waals surface area contributed by atoms with Crippen LogP contribution in [0.1, 0.15) is 34.1 Å². The SMILES string of the molecule is CCCN1C(=O)C2C(=NC3=[N+]2CC(C(C)(C)C)=NN3CC(N)=O)N(C)C1=O. The first-order valence-electron chi connectivity index (χ1n) is 9.01. The molecular weight excluding hydrogens is 350 g/mol. The highest BCUT2D eigenvalue weighted by atomic mass is 16.2. The number of amidine groups is 1. The molecule has 146 valence electrons. The number of hydrazone groups is 1. The van der Waals surface area contributed by atoms with E-state index < -0.39 is 18.0 Å². The molecule has 3 aliphatic rings. The maximum absolute atomic E-state index is 13.1. The standard InChI is InChI=1S/C17H25N7O3/c1-6-7-22-14(26)12-13(21(5)16(22)27)19-15-23(12)8-10(17(2,3)4)20-24(15)9-11(18)25/h12H,6-9H2,1-5H3,(H-,18,25)/p+1. The first-order valence-corrected chi connectivity index (χ1v) is 9.01. The number of carbonyl (C=O) groups is 3. The van der Waals surface area contributed by atoms with Gasteiger partial charge in [0.15, 0.2) is 6.54 Å². The molecule has 0 aromatic rings. The second kappa shape index (κ2) is 6.43. The first-order chi connectivity index (χ1) is 12.6. The number of fused-ring (bicyclic) bond motifs is 2. The Morgan fingerprint density at radius 1 is 1.33 bits per heavy atom. The fraction of sp³-hybridized carbons (Fsp3) is 0.647. The summed E-state index contributed by atoms with van der Waals surface area (Å²) < 4.78 is 1.81. The normalized spacial score (nSPS) is 22.7. The van der Waals surface area contributed by atoms with Crippen LogP contribution in [-0.4, -0.2) is 87.5 Å². The fourth-order valence-corrected chi connectivity index (χ4v) is 3.33. The number of nitrogens with two attached hydrogens (primary N) is 1. The van der Waals surface area contributed by atoms with E-state index in [0.717, 1.165) is 5.71 Å². The van der Waals surface area contributed by atoms with E-state index in [-0.39, 0.29) is 17.9 Å². The number of nitrogens with zero attached hydrogens (tertiary/aromatic N) is 6. The van der Waals surface area contributed by atoms with Crippen molar-refractivity contribution in [2.75, 3.05) is 26.7 Å². The molecule has 0 radical (unpaired) electrons. The van der Waals surface area contributed by atoms with Crippen molar-refractivity contribution in [1.82, 2.24) is 14.8 Å². The molecule has 27 heavy (non-hydrogen) atoms. The summed E-state index contributed by atoms with van der Waals surface area (Å²) in [6.45, 7) is 8.53. The molecule has 1 atom stereocenters. The second-order valence-corrected chi connectivity index (χ2v) is 7.95. The van der Waals surface area contributed by atoms with Crippen LogP contribution in [0.4, 0.5) is 4.79 Å². The van der Waals surface area contributed by atoms with Crippen LogP contribution in [0.15, 0.2) is 10.1 Å². The molecule has 10 heteroatoms. The van der Waals surface area contributed by atoms with Gasteiger partial charge in [-0.25, -0.2) is 9.37 Å². The Balaban J connectivity index is 2.06. The summed E-state index contributed by atoms with van der Waals surface area (Å²) in [6, 6.07) is -1.10. The Bertz CT molecular complexity index is 806. The molecule has 1 saturated heterocycles. The summed E-state index contributed by atoms with van der Waals surface area (Å²) in [7, 11) is 1.60. The minimum Gasteiger partial charge on any atom is -0.367 e. The summed E-state index contributed by atoms with van der Waals surface area (Å²) in [5, 5.41) is 5.98. The van der Waals surface area contributed by atoms with E-state index in [1.165, 1.54) is 14.8 Å². The first kappa shape index (κ1) is 19.0. The highest BCUT2D eigenvalue weighted by molar-refractivity contribution is 6.23. The molecule has 2 N–H and O–H groups in total. The molecule has 0 aliphatic carbocycles. The van der Waals surface area contributed by atoms with Crippen LogP contribution in [0.3, 0.4) is 0 Å². The van der Waals surface area contributed by atoms with Crippen molar-refractivity contribution in [2.24, 2.45) is 21.2 Å². The van der Waals surface area contributed by atoms with Crippen LogP contribution in [0.5, 0.6) is 0 Å². The van der Waals surface area contributed by atoms with Crippen LogP contribution >= 0.6 is 0 Å². The van der Waals surface area contributed by atoms with Crippen LogP contribution in [0, 0.1) is 5.41 Å². The molecule has 3 heterocycles. The van der Waals surface area contributed by atoms with Crippen LogP contribution in [-0.2, 0) is 9.59 Å². The lowest BCUT2D eigenvalue weighted by Crippen LogP contribution is -2.63. The van der Waals surface area contributed by atoms with E-state index in [1.54, 1.807) is 11.6 Å². The lowest BCUT2D eigenvalue weighted by molar-refractivity contribution is -0.528. The topological polar surface area (TPSA) is 115 Å². The number of aliphatic imine (C=N–C) groups is 1. The predicted octanol–water partition coefficient (Wildman–Crippen LogP) is -0.357. The van der Waals surface area contributed by atoms with Gasteiger partial charge in [0, 0.05) is 19.0 Å². The maximum atomic E-state index is 13.1. The molecule has 0 spiro atoms. The van der Waals surface area contributed by atoms with Gasteiger partial charge >= 0.3 is 12.0 Å². The van der Waals surface area contributed by atoms with E-state index in [4.69, 9.17) is 5.73 Å². The molecule has 0 saturated carbocycles. The lowest BCUT2D eigenvalue weighted by Gasteiger charge is -2.35. The van der Waals surface area contributed by atoms with Gasteiger partial charge in [0.2, 0.25) is 11.9 Å². The highest BCUT2D eigenvalue weighted by Crippen LogP contribution is 2.26. The number of rotatable bonds is 4. The van der Waals surface area contributed by atoms with Gasteiger partial charge in [-0.1, -0.05) is 32.7 Å². The molecule has 3 rings (SSSR count). The summed E-state index contributed by atoms with van der Waals surface area (Å²) in [5.41, 5.74) is 5.91. The predicted molar refractivity (Wildman–Crippen MR) is 99.3 cm³/mol. The number of hydrogen-bond donors (Lipinski definition) is 1. The summed E-state index contributed by atoms with van der Waals surface area (Å²) in [6.07, 6.45) is 0.670. The Kier molecular flexibility index (Phi) is 4.52. The minimum absolute atomic E-state index is 0.153. The smallest absolute Gasteiger partial charge is 0.367 e. The van der Waals surface area contributed by atoms with E-state index in [2.05, 4.69) is 10.1 Å². The quantitative estimate of drug-likeness (QED) is 0.675. The minimum atomic E-state index is -0.711. The molecule has 0 aromatic heterocycles. The van der Waals surface area contributed by atoms with Gasteiger partial charge in [0.25, 0.3) is 11.8 Å². The zero-order valence-electron chi connectivity index (χ0n) is 16.4. The number of likely N-dealkylation sites (N-methyl/N-ethyl adjacent to an activating group) is 1. The number of imide groups is 1. The largest absolute Gasteiger partial charge is 0.417 e. The van der Waals surface area contributed by atoms with Gasteiger partial charge in [-0.05, 0) is 6.42 Å². The van der Waals surface area contributed by atoms with Crippen LogP contribution in [0.25, 0.3) is 0 Å². The maximum Gasteiger partial charge on any atom is 0.417 e. The number of carbonyl (C=O) groups excluding carboxylic acids is 3. The van der Waals surface area contributed by atoms with Gasteiger partial charge in [-0.3, -0.25) is 19.4 Å². The van der Waals surface area contributed by atoms with Gasteiger partial charge < -0.3 is 5.73 Å². The van der Waals surface area contributed by atoms with Crippen molar-refractivity contribution in [1.29, 1.82) is 0 Å². The van der Waals surface area contributed by atoms with E-state index >= 15 is 0 Å². The van der Waals surface area contributed by atoms with Gasteiger partial charge in [0.1, 0.15) is 6.54 Å². The fourth-order valence-electron chi connectivity index (χ4n) is 3.33. The van der Waals surface area contributed by atoms with E-state index in [0.29, 0.717) is 31.3 Å². The van der Waals surface area contributed by atoms with Crippen molar-refractivity contribution in [3.8, 4) is 0 Å². The number of urea groups is 1. The molecule has 3 aliphatic heterocycles. The Labute approximate surface area is 158 Å². The van der Waals surface area contributed by atoms with Crippen molar-refractivity contribution in [3.05, 3.63) is 0 Å². The molecule has 10 nitrogen and oxygen atoms in total. The van der Waals surface area contributed by atoms with Gasteiger partial charge in [-0.15, -0.1) is 10.1 Å². The molecular formula is C17H26N7O3+. The van der Waals surface area contributed by atoms with Crippen molar-refractivity contribution in [3.63, 3.8) is 0 Å². The van der Waals surface area contributed by atoms with Crippen molar-refractivity contribution < 1.29 is 19.0 Å². The van der Waals surface area contributed by atoms with Crippen LogP contribution < -0.4 is 5.73 Å². The lowest BCUT2D eigenvalue weighted by atomic mass is 9.89. The zero-order valence-corrected chi connectivity index (χ0v) is 16.4. The Morgan fingerprint density at radius 3 is 2.56 bits per heavy atom. The number of guanidine groups is 1. The van der Waals surface area contributed by atoms with E-state index in [9.17, 15) is 14.4 Å². The molecule has 1 fully saturated rings. The highest BCUT2D eigenvalue weighted by Gasteiger charge is 2.55. The number of primary amides is 1. The number of amides is 4. The zero-order chi connectivity index (χ0) is 20.1. The molecule has 4 amide bonds. The molecule has 1 unspecified atom stereocenters.